The van der Waals surface area contributed by atoms with Crippen molar-refractivity contribution in [3.05, 3.63) is 68.8 Å². The van der Waals surface area contributed by atoms with Crippen molar-refractivity contribution < 1.29 is 4.42 Å². The average molecular weight is 396 g/mol. The second-order valence-electron chi connectivity index (χ2n) is 4.45. The fraction of sp³-hybridized carbons (Fsp3) is 0.0667. The molecule has 0 saturated heterocycles. The van der Waals surface area contributed by atoms with Crippen LogP contribution in [0.15, 0.2) is 61.9 Å². The first-order valence-corrected chi connectivity index (χ1v) is 7.67. The number of rotatable bonds is 3. The number of benzene rings is 2. The van der Waals surface area contributed by atoms with Gasteiger partial charge in [-0.25, -0.2) is 5.43 Å². The van der Waals surface area contributed by atoms with Crippen LogP contribution in [0.2, 0.25) is 0 Å². The van der Waals surface area contributed by atoms with Gasteiger partial charge in [-0.1, -0.05) is 50.1 Å². The maximum atomic E-state index is 5.89. The zero-order chi connectivity index (χ0) is 14.1. The highest BCUT2D eigenvalue weighted by molar-refractivity contribution is 9.11. The lowest BCUT2D eigenvalue weighted by Crippen LogP contribution is -2.28. The van der Waals surface area contributed by atoms with Gasteiger partial charge >= 0.3 is 0 Å². The molecule has 0 aliphatic heterocycles. The van der Waals surface area contributed by atoms with E-state index in [0.717, 1.165) is 31.2 Å². The molecule has 0 saturated carbocycles. The Morgan fingerprint density at radius 2 is 1.85 bits per heavy atom. The molecule has 102 valence electrons. The summed E-state index contributed by atoms with van der Waals surface area (Å²) in [5, 5.41) is 1.06. The minimum Gasteiger partial charge on any atom is -0.459 e. The number of nitrogens with two attached hydrogens (primary N) is 1. The Hall–Kier alpha value is -1.14. The lowest BCUT2D eigenvalue weighted by molar-refractivity contribution is 0.476. The van der Waals surface area contributed by atoms with Crippen LogP contribution in [0, 0.1) is 0 Å². The molecule has 0 aliphatic rings. The fourth-order valence-corrected chi connectivity index (χ4v) is 3.06. The van der Waals surface area contributed by atoms with Gasteiger partial charge in [0.2, 0.25) is 0 Å². The van der Waals surface area contributed by atoms with Gasteiger partial charge in [0.05, 0.1) is 0 Å². The molecule has 3 N–H and O–H groups in total. The molecule has 2 aromatic carbocycles. The van der Waals surface area contributed by atoms with Crippen LogP contribution in [-0.4, -0.2) is 0 Å². The Morgan fingerprint density at radius 3 is 2.60 bits per heavy atom. The predicted octanol–water partition coefficient (Wildman–Crippen LogP) is 4.51. The first kappa shape index (κ1) is 13.8. The van der Waals surface area contributed by atoms with E-state index in [9.17, 15) is 0 Å². The maximum Gasteiger partial charge on any atom is 0.134 e. The zero-order valence-corrected chi connectivity index (χ0v) is 13.6. The number of hydrogen-bond donors (Lipinski definition) is 2. The Labute approximate surface area is 133 Å². The Balaban J connectivity index is 2.11. The number of nitrogens with one attached hydrogen (secondary N) is 1. The number of hydrogen-bond acceptors (Lipinski definition) is 3. The number of para-hydroxylation sites is 1. The second-order valence-corrected chi connectivity index (χ2v) is 6.22. The van der Waals surface area contributed by atoms with Crippen LogP contribution < -0.4 is 11.3 Å². The monoisotopic (exact) mass is 394 g/mol. The molecule has 1 heterocycles. The Kier molecular flexibility index (Phi) is 3.94. The summed E-state index contributed by atoms with van der Waals surface area (Å²) < 4.78 is 7.86. The molecule has 20 heavy (non-hydrogen) atoms. The van der Waals surface area contributed by atoms with Crippen LogP contribution in [0.25, 0.3) is 11.0 Å². The standard InChI is InChI=1S/C15H12Br2N2O/c16-10-5-6-12(17)11(8-10)15(19-18)14-7-9-3-1-2-4-13(9)20-14/h1-8,15,19H,18H2. The normalized spacial score (nSPS) is 12.8. The molecule has 0 fully saturated rings. The van der Waals surface area contributed by atoms with Crippen LogP contribution in [0.4, 0.5) is 0 Å². The van der Waals surface area contributed by atoms with E-state index in [1.54, 1.807) is 0 Å². The van der Waals surface area contributed by atoms with E-state index in [1.807, 2.05) is 48.5 Å². The van der Waals surface area contributed by atoms with Gasteiger partial charge in [0.1, 0.15) is 17.4 Å². The minimum absolute atomic E-state index is 0.214. The third-order valence-corrected chi connectivity index (χ3v) is 4.38. The van der Waals surface area contributed by atoms with Crippen LogP contribution in [0.5, 0.6) is 0 Å². The van der Waals surface area contributed by atoms with Gasteiger partial charge in [0, 0.05) is 14.3 Å². The maximum absolute atomic E-state index is 5.89. The van der Waals surface area contributed by atoms with Crippen molar-refractivity contribution in [2.45, 2.75) is 6.04 Å². The van der Waals surface area contributed by atoms with Gasteiger partial charge in [-0.15, -0.1) is 0 Å². The van der Waals surface area contributed by atoms with Crippen molar-refractivity contribution in [3.63, 3.8) is 0 Å². The summed E-state index contributed by atoms with van der Waals surface area (Å²) in [6, 6.07) is 15.7. The largest absolute Gasteiger partial charge is 0.459 e. The van der Waals surface area contributed by atoms with Crippen molar-refractivity contribution in [1.82, 2.24) is 5.43 Å². The highest BCUT2D eigenvalue weighted by Crippen LogP contribution is 2.33. The summed E-state index contributed by atoms with van der Waals surface area (Å²) in [4.78, 5) is 0. The molecule has 0 aliphatic carbocycles. The SMILES string of the molecule is NNC(c1cc2ccccc2o1)c1cc(Br)ccc1Br. The summed E-state index contributed by atoms with van der Waals surface area (Å²) in [5.41, 5.74) is 4.69. The highest BCUT2D eigenvalue weighted by Gasteiger charge is 2.19. The Morgan fingerprint density at radius 1 is 1.05 bits per heavy atom. The van der Waals surface area contributed by atoms with E-state index in [0.29, 0.717) is 0 Å². The van der Waals surface area contributed by atoms with E-state index in [2.05, 4.69) is 37.3 Å². The third-order valence-electron chi connectivity index (χ3n) is 3.16. The second kappa shape index (κ2) is 5.69. The summed E-state index contributed by atoms with van der Waals surface area (Å²) in [5.74, 6) is 6.52. The van der Waals surface area contributed by atoms with Crippen molar-refractivity contribution in [2.24, 2.45) is 5.84 Å². The summed E-state index contributed by atoms with van der Waals surface area (Å²) in [7, 11) is 0. The molecule has 1 atom stereocenters. The topological polar surface area (TPSA) is 51.2 Å². The number of fused-ring (bicyclic) bond motifs is 1. The molecular formula is C15H12Br2N2O. The molecule has 0 amide bonds. The molecule has 3 rings (SSSR count). The summed E-state index contributed by atoms with van der Waals surface area (Å²) in [6.45, 7) is 0. The van der Waals surface area contributed by atoms with Gasteiger partial charge < -0.3 is 4.42 Å². The van der Waals surface area contributed by atoms with E-state index < -0.39 is 0 Å². The van der Waals surface area contributed by atoms with Crippen LogP contribution in [0.3, 0.4) is 0 Å². The van der Waals surface area contributed by atoms with Crippen molar-refractivity contribution in [3.8, 4) is 0 Å². The first-order chi connectivity index (χ1) is 9.69. The van der Waals surface area contributed by atoms with E-state index in [1.165, 1.54) is 0 Å². The van der Waals surface area contributed by atoms with Crippen molar-refractivity contribution in [1.29, 1.82) is 0 Å². The van der Waals surface area contributed by atoms with Gasteiger partial charge in [-0.3, -0.25) is 5.84 Å². The zero-order valence-electron chi connectivity index (χ0n) is 10.4. The molecule has 1 unspecified atom stereocenters. The predicted molar refractivity (Wildman–Crippen MR) is 87.2 cm³/mol. The average Bonchev–Trinajstić information content (AvgIpc) is 2.87. The van der Waals surface area contributed by atoms with Crippen LogP contribution in [0.1, 0.15) is 17.4 Å². The van der Waals surface area contributed by atoms with E-state index >= 15 is 0 Å². The quantitative estimate of drug-likeness (QED) is 0.506. The van der Waals surface area contributed by atoms with E-state index in [4.69, 9.17) is 10.3 Å². The molecule has 0 bridgehead atoms. The third kappa shape index (κ3) is 2.54. The van der Waals surface area contributed by atoms with Gasteiger partial charge in [-0.05, 0) is 35.9 Å². The fourth-order valence-electron chi connectivity index (χ4n) is 2.21. The van der Waals surface area contributed by atoms with Gasteiger partial charge in [0.25, 0.3) is 0 Å². The lowest BCUT2D eigenvalue weighted by atomic mass is 10.1. The van der Waals surface area contributed by atoms with Gasteiger partial charge in [-0.2, -0.15) is 0 Å². The molecule has 0 radical (unpaired) electrons. The number of furan rings is 1. The molecule has 3 nitrogen and oxygen atoms in total. The number of halogens is 2. The number of hydrazine groups is 1. The molecular weight excluding hydrogens is 384 g/mol. The first-order valence-electron chi connectivity index (χ1n) is 6.08. The van der Waals surface area contributed by atoms with Gasteiger partial charge in [0.15, 0.2) is 0 Å². The lowest BCUT2D eigenvalue weighted by Gasteiger charge is -2.15. The summed E-state index contributed by atoms with van der Waals surface area (Å²) >= 11 is 7.04. The molecule has 1 aromatic heterocycles. The molecule has 0 spiro atoms. The molecule has 5 heteroatoms. The molecule has 3 aromatic rings. The van der Waals surface area contributed by atoms with Crippen LogP contribution >= 0.6 is 31.9 Å². The van der Waals surface area contributed by atoms with Crippen molar-refractivity contribution >= 4 is 42.8 Å². The smallest absolute Gasteiger partial charge is 0.134 e. The highest BCUT2D eigenvalue weighted by atomic mass is 79.9. The minimum atomic E-state index is -0.214. The van der Waals surface area contributed by atoms with Crippen LogP contribution in [-0.2, 0) is 0 Å². The Bertz CT molecular complexity index is 721. The van der Waals surface area contributed by atoms with Crippen molar-refractivity contribution in [2.75, 3.05) is 0 Å². The summed E-state index contributed by atoms with van der Waals surface area (Å²) in [6.07, 6.45) is 0. The van der Waals surface area contributed by atoms with E-state index in [-0.39, 0.29) is 6.04 Å².